The molecule has 3 rings (SSSR count). The fourth-order valence-corrected chi connectivity index (χ4v) is 4.04. The second kappa shape index (κ2) is 10.8. The summed E-state index contributed by atoms with van der Waals surface area (Å²) in [5.41, 5.74) is 0.813. The van der Waals surface area contributed by atoms with Gasteiger partial charge in [-0.05, 0) is 37.5 Å². The van der Waals surface area contributed by atoms with E-state index in [4.69, 9.17) is 0 Å². The molecule has 0 unspecified atom stereocenters. The lowest BCUT2D eigenvalue weighted by Crippen LogP contribution is -2.50. The summed E-state index contributed by atoms with van der Waals surface area (Å²) < 4.78 is 13.3. The lowest BCUT2D eigenvalue weighted by atomic mass is 9.95. The van der Waals surface area contributed by atoms with E-state index in [2.05, 4.69) is 5.32 Å². The first-order valence-corrected chi connectivity index (χ1v) is 10.9. The van der Waals surface area contributed by atoms with Crippen LogP contribution < -0.4 is 5.32 Å². The first-order valence-electron chi connectivity index (χ1n) is 10.9. The van der Waals surface area contributed by atoms with Crippen molar-refractivity contribution in [3.05, 3.63) is 75.6 Å². The van der Waals surface area contributed by atoms with Crippen molar-refractivity contribution in [2.24, 2.45) is 0 Å². The summed E-state index contributed by atoms with van der Waals surface area (Å²) in [6.07, 6.45) is 4.91. The molecule has 0 heterocycles. The summed E-state index contributed by atoms with van der Waals surface area (Å²) in [5.74, 6) is -1.06. The van der Waals surface area contributed by atoms with Crippen molar-refractivity contribution in [3.8, 4) is 0 Å². The molecule has 0 saturated heterocycles. The van der Waals surface area contributed by atoms with Crippen molar-refractivity contribution in [3.63, 3.8) is 0 Å². The summed E-state index contributed by atoms with van der Waals surface area (Å²) in [6.45, 7) is 1.75. The van der Waals surface area contributed by atoms with Gasteiger partial charge < -0.3 is 10.2 Å². The number of nitro benzene ring substituents is 1. The molecule has 1 N–H and O–H groups in total. The van der Waals surface area contributed by atoms with Crippen molar-refractivity contribution in [2.75, 3.05) is 0 Å². The summed E-state index contributed by atoms with van der Waals surface area (Å²) in [7, 11) is 0. The van der Waals surface area contributed by atoms with Crippen molar-refractivity contribution in [2.45, 2.75) is 64.1 Å². The van der Waals surface area contributed by atoms with Crippen molar-refractivity contribution < 1.29 is 18.9 Å². The Labute approximate surface area is 186 Å². The maximum Gasteiger partial charge on any atom is 0.273 e. The van der Waals surface area contributed by atoms with E-state index < -0.39 is 22.7 Å². The molecule has 0 bridgehead atoms. The minimum Gasteiger partial charge on any atom is -0.352 e. The molecule has 1 atom stereocenters. The monoisotopic (exact) mass is 441 g/mol. The zero-order valence-corrected chi connectivity index (χ0v) is 18.1. The molecule has 0 aromatic heterocycles. The third-order valence-corrected chi connectivity index (χ3v) is 5.92. The van der Waals surface area contributed by atoms with Gasteiger partial charge in [0.2, 0.25) is 11.8 Å². The Morgan fingerprint density at radius 3 is 2.44 bits per heavy atom. The Hall–Kier alpha value is -3.29. The van der Waals surface area contributed by atoms with Crippen LogP contribution in [-0.4, -0.2) is 33.7 Å². The molecule has 2 amide bonds. The lowest BCUT2D eigenvalue weighted by molar-refractivity contribution is -0.385. The van der Waals surface area contributed by atoms with Gasteiger partial charge in [-0.15, -0.1) is 0 Å². The molecule has 7 nitrogen and oxygen atoms in total. The summed E-state index contributed by atoms with van der Waals surface area (Å²) in [6, 6.07) is 11.1. The van der Waals surface area contributed by atoms with Crippen LogP contribution >= 0.6 is 0 Å². The van der Waals surface area contributed by atoms with Crippen molar-refractivity contribution >= 4 is 17.5 Å². The largest absolute Gasteiger partial charge is 0.352 e. The molecule has 0 radical (unpaired) electrons. The highest BCUT2D eigenvalue weighted by atomic mass is 19.1. The molecule has 170 valence electrons. The number of hydrogen-bond donors (Lipinski definition) is 1. The van der Waals surface area contributed by atoms with Gasteiger partial charge in [-0.3, -0.25) is 19.7 Å². The van der Waals surface area contributed by atoms with Crippen LogP contribution in [0.1, 0.15) is 50.2 Å². The molecule has 32 heavy (non-hydrogen) atoms. The lowest BCUT2D eigenvalue weighted by Gasteiger charge is -2.31. The number of rotatable bonds is 8. The van der Waals surface area contributed by atoms with Crippen LogP contribution in [0.3, 0.4) is 0 Å². The number of carbonyl (C=O) groups is 2. The standard InChI is InChI=1S/C24H28FN3O4/c1-17(24(30)26-21-8-3-2-4-9-21)27(16-18-11-13-20(25)14-12-18)23(29)15-19-7-5-6-10-22(19)28(31)32/h5-7,10-14,17,21H,2-4,8-9,15-16H2,1H3,(H,26,30)/t17-/m1/s1. The highest BCUT2D eigenvalue weighted by Gasteiger charge is 2.29. The fourth-order valence-electron chi connectivity index (χ4n) is 4.04. The highest BCUT2D eigenvalue weighted by Crippen LogP contribution is 2.21. The number of benzene rings is 2. The van der Waals surface area contributed by atoms with Gasteiger partial charge >= 0.3 is 0 Å². The zero-order valence-electron chi connectivity index (χ0n) is 18.1. The van der Waals surface area contributed by atoms with Crippen LogP contribution in [-0.2, 0) is 22.6 Å². The van der Waals surface area contributed by atoms with Gasteiger partial charge in [-0.1, -0.05) is 49.6 Å². The molecule has 2 aromatic carbocycles. The predicted octanol–water partition coefficient (Wildman–Crippen LogP) is 4.14. The molecular weight excluding hydrogens is 413 g/mol. The highest BCUT2D eigenvalue weighted by molar-refractivity contribution is 5.88. The van der Waals surface area contributed by atoms with Crippen LogP contribution in [0.4, 0.5) is 10.1 Å². The molecule has 1 saturated carbocycles. The molecule has 1 aliphatic carbocycles. The average Bonchev–Trinajstić information content (AvgIpc) is 2.79. The van der Waals surface area contributed by atoms with Crippen molar-refractivity contribution in [1.82, 2.24) is 10.2 Å². The molecule has 0 aliphatic heterocycles. The van der Waals surface area contributed by atoms with Crippen LogP contribution in [0.2, 0.25) is 0 Å². The number of carbonyl (C=O) groups excluding carboxylic acids is 2. The molecule has 0 spiro atoms. The van der Waals surface area contributed by atoms with E-state index in [1.165, 1.54) is 23.1 Å². The molecule has 8 heteroatoms. The average molecular weight is 442 g/mol. The van der Waals surface area contributed by atoms with Gasteiger partial charge in [0.05, 0.1) is 11.3 Å². The number of para-hydroxylation sites is 1. The minimum absolute atomic E-state index is 0.0942. The smallest absolute Gasteiger partial charge is 0.273 e. The van der Waals surface area contributed by atoms with E-state index >= 15 is 0 Å². The van der Waals surface area contributed by atoms with E-state index in [9.17, 15) is 24.1 Å². The topological polar surface area (TPSA) is 92.6 Å². The molecule has 1 aliphatic rings. The Balaban J connectivity index is 1.80. The molecule has 1 fully saturated rings. The van der Waals surface area contributed by atoms with Crippen LogP contribution in [0, 0.1) is 15.9 Å². The summed E-state index contributed by atoms with van der Waals surface area (Å²) >= 11 is 0. The number of nitrogens with zero attached hydrogens (tertiary/aromatic N) is 2. The quantitative estimate of drug-likeness (QED) is 0.492. The van der Waals surface area contributed by atoms with E-state index in [0.717, 1.165) is 32.1 Å². The number of hydrogen-bond acceptors (Lipinski definition) is 4. The summed E-state index contributed by atoms with van der Waals surface area (Å²) in [4.78, 5) is 38.4. The number of amides is 2. The Morgan fingerprint density at radius 1 is 1.12 bits per heavy atom. The van der Waals surface area contributed by atoms with E-state index in [0.29, 0.717) is 5.56 Å². The van der Waals surface area contributed by atoms with Crippen LogP contribution in [0.25, 0.3) is 0 Å². The third kappa shape index (κ3) is 6.12. The second-order valence-electron chi connectivity index (χ2n) is 8.23. The number of halogens is 1. The molecule has 2 aromatic rings. The maximum atomic E-state index is 13.3. The van der Waals surface area contributed by atoms with Gasteiger partial charge in [0.15, 0.2) is 0 Å². The van der Waals surface area contributed by atoms with Crippen LogP contribution in [0.15, 0.2) is 48.5 Å². The van der Waals surface area contributed by atoms with Gasteiger partial charge in [0.25, 0.3) is 5.69 Å². The SMILES string of the molecule is C[C@H](C(=O)NC1CCCCC1)N(Cc1ccc(F)cc1)C(=O)Cc1ccccc1[N+](=O)[O-]. The second-order valence-corrected chi connectivity index (χ2v) is 8.23. The predicted molar refractivity (Wildman–Crippen MR) is 118 cm³/mol. The Morgan fingerprint density at radius 2 is 1.78 bits per heavy atom. The van der Waals surface area contributed by atoms with E-state index in [1.807, 2.05) is 0 Å². The zero-order chi connectivity index (χ0) is 23.1. The van der Waals surface area contributed by atoms with E-state index in [1.54, 1.807) is 37.3 Å². The normalized spacial score (nSPS) is 15.1. The van der Waals surface area contributed by atoms with Gasteiger partial charge in [-0.2, -0.15) is 0 Å². The van der Waals surface area contributed by atoms with Gasteiger partial charge in [0, 0.05) is 24.2 Å². The Bertz CT molecular complexity index is 958. The number of nitro groups is 1. The van der Waals surface area contributed by atoms with Gasteiger partial charge in [-0.25, -0.2) is 4.39 Å². The third-order valence-electron chi connectivity index (χ3n) is 5.92. The Kier molecular flexibility index (Phi) is 7.92. The fraction of sp³-hybridized carbons (Fsp3) is 0.417. The minimum atomic E-state index is -0.780. The first-order chi connectivity index (χ1) is 15.3. The molecular formula is C24H28FN3O4. The number of nitrogens with one attached hydrogen (secondary N) is 1. The first kappa shape index (κ1) is 23.4. The van der Waals surface area contributed by atoms with Crippen LogP contribution in [0.5, 0.6) is 0 Å². The van der Waals surface area contributed by atoms with Crippen molar-refractivity contribution in [1.29, 1.82) is 0 Å². The summed E-state index contributed by atoms with van der Waals surface area (Å²) in [5, 5.41) is 14.4. The maximum absolute atomic E-state index is 13.3. The van der Waals surface area contributed by atoms with Gasteiger partial charge in [0.1, 0.15) is 11.9 Å². The van der Waals surface area contributed by atoms with E-state index in [-0.39, 0.29) is 36.2 Å².